The molecule has 0 aromatic heterocycles. The molecule has 0 aliphatic heterocycles. The van der Waals surface area contributed by atoms with Crippen LogP contribution in [0.3, 0.4) is 0 Å². The van der Waals surface area contributed by atoms with E-state index in [-0.39, 0.29) is 0 Å². The monoisotopic (exact) mass is 312 g/mol. The Labute approximate surface area is 144 Å². The summed E-state index contributed by atoms with van der Waals surface area (Å²) in [5.41, 5.74) is 3.88. The van der Waals surface area contributed by atoms with E-state index in [9.17, 15) is 0 Å². The molecule has 0 saturated heterocycles. The number of fused-ring (bicyclic) bond motifs is 3. The maximum atomic E-state index is 2.31. The summed E-state index contributed by atoms with van der Waals surface area (Å²) in [6.45, 7) is 6.38. The van der Waals surface area contributed by atoms with Crippen LogP contribution in [0.4, 0.5) is 0 Å². The lowest BCUT2D eigenvalue weighted by Gasteiger charge is -2.11. The van der Waals surface area contributed by atoms with Gasteiger partial charge in [0.25, 0.3) is 0 Å². The van der Waals surface area contributed by atoms with E-state index >= 15 is 0 Å². The van der Waals surface area contributed by atoms with Crippen LogP contribution in [-0.2, 0) is 0 Å². The molecule has 0 saturated carbocycles. The van der Waals surface area contributed by atoms with Crippen molar-refractivity contribution in [3.63, 3.8) is 0 Å². The van der Waals surface area contributed by atoms with E-state index in [1.165, 1.54) is 44.7 Å². The van der Waals surface area contributed by atoms with E-state index in [2.05, 4.69) is 99.6 Å². The van der Waals surface area contributed by atoms with E-state index in [4.69, 9.17) is 0 Å². The first-order valence-electron chi connectivity index (χ1n) is 8.72. The van der Waals surface area contributed by atoms with Crippen molar-refractivity contribution in [2.45, 2.75) is 27.2 Å². The van der Waals surface area contributed by atoms with Gasteiger partial charge in [-0.25, -0.2) is 0 Å². The summed E-state index contributed by atoms with van der Waals surface area (Å²) in [4.78, 5) is 0. The van der Waals surface area contributed by atoms with Crippen molar-refractivity contribution >= 4 is 21.5 Å². The van der Waals surface area contributed by atoms with Gasteiger partial charge < -0.3 is 0 Å². The molecule has 4 aromatic carbocycles. The van der Waals surface area contributed by atoms with Gasteiger partial charge in [0.05, 0.1) is 0 Å². The maximum Gasteiger partial charge on any atom is -0.00990 e. The molecule has 0 N–H and O–H groups in total. The predicted molar refractivity (Wildman–Crippen MR) is 108 cm³/mol. The zero-order valence-electron chi connectivity index (χ0n) is 14.7. The second-order valence-electron chi connectivity index (χ2n) is 6.26. The normalized spacial score (nSPS) is 10.5. The van der Waals surface area contributed by atoms with Crippen molar-refractivity contribution in [2.24, 2.45) is 0 Å². The average molecular weight is 312 g/mol. The van der Waals surface area contributed by atoms with Crippen molar-refractivity contribution in [1.29, 1.82) is 0 Å². The molecule has 0 atom stereocenters. The largest absolute Gasteiger partial charge is 0.0656 e. The van der Waals surface area contributed by atoms with E-state index in [1.807, 2.05) is 0 Å². The second kappa shape index (κ2) is 7.31. The topological polar surface area (TPSA) is 0 Å². The number of hydrogen-bond donors (Lipinski definition) is 0. The summed E-state index contributed by atoms with van der Waals surface area (Å²) >= 11 is 0. The van der Waals surface area contributed by atoms with Gasteiger partial charge in [-0.15, -0.1) is 0 Å². The lowest BCUT2D eigenvalue weighted by molar-refractivity contribution is 1.09. The van der Waals surface area contributed by atoms with Gasteiger partial charge in [0.15, 0.2) is 0 Å². The van der Waals surface area contributed by atoms with Crippen LogP contribution in [0, 0.1) is 6.92 Å². The van der Waals surface area contributed by atoms with Crippen molar-refractivity contribution in [3.05, 3.63) is 84.4 Å². The Balaban J connectivity index is 0.000000526. The smallest absolute Gasteiger partial charge is 0.00990 e. The molecule has 0 unspecified atom stereocenters. The summed E-state index contributed by atoms with van der Waals surface area (Å²) in [7, 11) is 0. The highest BCUT2D eigenvalue weighted by atomic mass is 14.1. The summed E-state index contributed by atoms with van der Waals surface area (Å²) < 4.78 is 0. The van der Waals surface area contributed by atoms with Gasteiger partial charge in [-0.05, 0) is 45.7 Å². The van der Waals surface area contributed by atoms with Crippen LogP contribution < -0.4 is 0 Å². The van der Waals surface area contributed by atoms with Gasteiger partial charge in [0.1, 0.15) is 0 Å². The molecule has 24 heavy (non-hydrogen) atoms. The summed E-state index contributed by atoms with van der Waals surface area (Å²) in [5.74, 6) is 0. The molecule has 0 fully saturated rings. The Kier molecular flexibility index (Phi) is 4.96. The lowest BCUT2D eigenvalue weighted by atomic mass is 9.93. The first-order chi connectivity index (χ1) is 11.7. The van der Waals surface area contributed by atoms with E-state index in [1.54, 1.807) is 0 Å². The summed E-state index contributed by atoms with van der Waals surface area (Å²) in [6.07, 6.45) is 1.25. The van der Waals surface area contributed by atoms with Gasteiger partial charge in [0.2, 0.25) is 0 Å². The number of rotatable bonds is 1. The summed E-state index contributed by atoms with van der Waals surface area (Å²) in [6, 6.07) is 28.4. The zero-order valence-corrected chi connectivity index (χ0v) is 14.7. The van der Waals surface area contributed by atoms with Crippen LogP contribution in [0.25, 0.3) is 32.7 Å². The van der Waals surface area contributed by atoms with Gasteiger partial charge in [-0.1, -0.05) is 98.6 Å². The predicted octanol–water partition coefficient (Wildman–Crippen LogP) is 7.38. The first-order valence-corrected chi connectivity index (χ1v) is 8.72. The molecule has 4 aromatic rings. The van der Waals surface area contributed by atoms with E-state index in [0.29, 0.717) is 0 Å². The third-order valence-electron chi connectivity index (χ3n) is 4.13. The molecule has 0 bridgehead atoms. The fourth-order valence-corrected chi connectivity index (χ4v) is 3.03. The van der Waals surface area contributed by atoms with E-state index < -0.39 is 0 Å². The first kappa shape index (κ1) is 16.3. The minimum absolute atomic E-state index is 1.25. The van der Waals surface area contributed by atoms with E-state index in [0.717, 1.165) is 0 Å². The van der Waals surface area contributed by atoms with Crippen molar-refractivity contribution in [1.82, 2.24) is 0 Å². The lowest BCUT2D eigenvalue weighted by Crippen LogP contribution is -1.84. The van der Waals surface area contributed by atoms with Gasteiger partial charge in [0, 0.05) is 0 Å². The van der Waals surface area contributed by atoms with Crippen molar-refractivity contribution in [3.8, 4) is 11.1 Å². The third kappa shape index (κ3) is 3.19. The minimum atomic E-state index is 1.25. The maximum absolute atomic E-state index is 2.31. The molecule has 120 valence electrons. The Morgan fingerprint density at radius 1 is 0.625 bits per heavy atom. The Morgan fingerprint density at radius 2 is 1.17 bits per heavy atom. The molecule has 0 heterocycles. The Morgan fingerprint density at radius 3 is 1.83 bits per heavy atom. The number of aryl methyl sites for hydroxylation is 1. The zero-order chi connectivity index (χ0) is 16.9. The van der Waals surface area contributed by atoms with Crippen LogP contribution in [0.1, 0.15) is 25.8 Å². The molecule has 0 spiro atoms. The fourth-order valence-electron chi connectivity index (χ4n) is 3.03. The van der Waals surface area contributed by atoms with Crippen LogP contribution >= 0.6 is 0 Å². The molecule has 0 heteroatoms. The molecular weight excluding hydrogens is 288 g/mol. The molecule has 0 nitrogen and oxygen atoms in total. The molecule has 0 radical (unpaired) electrons. The molecule has 0 aliphatic rings. The standard InChI is InChI=1S/C21H16.C3H8/c1-15-10-12-16(13-11-15)21-14-17-6-2-3-7-18(17)19-8-4-5-9-20(19)21;1-3-2/h2-14H,1H3;3H2,1-2H3. The van der Waals surface area contributed by atoms with Gasteiger partial charge >= 0.3 is 0 Å². The Hall–Kier alpha value is -2.60. The minimum Gasteiger partial charge on any atom is -0.0656 e. The molecule has 0 aliphatic carbocycles. The third-order valence-corrected chi connectivity index (χ3v) is 4.13. The van der Waals surface area contributed by atoms with Crippen LogP contribution in [-0.4, -0.2) is 0 Å². The highest BCUT2D eigenvalue weighted by Crippen LogP contribution is 2.34. The SMILES string of the molecule is CCC.Cc1ccc(-c2cc3ccccc3c3ccccc23)cc1. The molecular formula is C24H24. The highest BCUT2D eigenvalue weighted by Gasteiger charge is 2.07. The summed E-state index contributed by atoms with van der Waals surface area (Å²) in [5, 5.41) is 5.27. The van der Waals surface area contributed by atoms with Crippen LogP contribution in [0.15, 0.2) is 78.9 Å². The van der Waals surface area contributed by atoms with Crippen molar-refractivity contribution < 1.29 is 0 Å². The van der Waals surface area contributed by atoms with Gasteiger partial charge in [-0.3, -0.25) is 0 Å². The average Bonchev–Trinajstić information content (AvgIpc) is 2.62. The molecule has 0 amide bonds. The van der Waals surface area contributed by atoms with Crippen molar-refractivity contribution in [2.75, 3.05) is 0 Å². The van der Waals surface area contributed by atoms with Crippen LogP contribution in [0.2, 0.25) is 0 Å². The van der Waals surface area contributed by atoms with Crippen LogP contribution in [0.5, 0.6) is 0 Å². The quantitative estimate of drug-likeness (QED) is 0.321. The van der Waals surface area contributed by atoms with Gasteiger partial charge in [-0.2, -0.15) is 0 Å². The second-order valence-corrected chi connectivity index (χ2v) is 6.26. The highest BCUT2D eigenvalue weighted by molar-refractivity contribution is 6.13. The number of hydrogen-bond acceptors (Lipinski definition) is 0. The molecule has 4 rings (SSSR count). The number of benzene rings is 4. The Bertz CT molecular complexity index is 946. The fraction of sp³-hybridized carbons (Fsp3) is 0.167.